The molecule has 9 heteroatoms. The Balaban J connectivity index is 1.32. The summed E-state index contributed by atoms with van der Waals surface area (Å²) in [5.41, 5.74) is 1.50. The highest BCUT2D eigenvalue weighted by Crippen LogP contribution is 2.31. The summed E-state index contributed by atoms with van der Waals surface area (Å²) in [5, 5.41) is 5.75. The van der Waals surface area contributed by atoms with Crippen molar-refractivity contribution >= 4 is 28.5 Å². The Hall–Kier alpha value is -4.27. The number of fused-ring (bicyclic) bond motifs is 1. The molecule has 0 aliphatic heterocycles. The molecule has 3 N–H and O–H groups in total. The number of aromatic amines is 1. The molecule has 0 aliphatic rings. The predicted octanol–water partition coefficient (Wildman–Crippen LogP) is 4.28. The van der Waals surface area contributed by atoms with Crippen LogP contribution in [-0.2, 0) is 16.1 Å². The maximum Gasteiger partial charge on any atom is 0.233 e. The molecule has 7 nitrogen and oxygen atoms in total. The summed E-state index contributed by atoms with van der Waals surface area (Å²) in [6.45, 7) is 0.163. The van der Waals surface area contributed by atoms with Gasteiger partial charge in [0.2, 0.25) is 11.8 Å². The van der Waals surface area contributed by atoms with Crippen LogP contribution in [0.5, 0.6) is 11.5 Å². The number of pyridine rings is 1. The van der Waals surface area contributed by atoms with Crippen molar-refractivity contribution in [2.45, 2.75) is 13.0 Å². The van der Waals surface area contributed by atoms with Gasteiger partial charge in [-0.25, -0.2) is 13.8 Å². The SMILES string of the molecule is O=C(CC(=O)Nc1ccc(Oc2ccnc3[nH]ccc23)c(F)c1)NCc1ccc(F)cc1. The molecule has 2 aromatic carbocycles. The molecule has 0 fully saturated rings. The summed E-state index contributed by atoms with van der Waals surface area (Å²) in [4.78, 5) is 31.1. The zero-order chi connectivity index (χ0) is 22.5. The van der Waals surface area contributed by atoms with E-state index >= 15 is 0 Å². The lowest BCUT2D eigenvalue weighted by Gasteiger charge is -2.10. The van der Waals surface area contributed by atoms with Gasteiger partial charge in [-0.15, -0.1) is 0 Å². The van der Waals surface area contributed by atoms with Gasteiger partial charge in [0.1, 0.15) is 23.6 Å². The number of hydrogen-bond acceptors (Lipinski definition) is 4. The van der Waals surface area contributed by atoms with E-state index in [9.17, 15) is 18.4 Å². The monoisotopic (exact) mass is 436 g/mol. The number of anilines is 1. The number of H-pyrrole nitrogens is 1. The Labute approximate surface area is 181 Å². The van der Waals surface area contributed by atoms with E-state index in [1.165, 1.54) is 36.4 Å². The number of aromatic nitrogens is 2. The third-order valence-corrected chi connectivity index (χ3v) is 4.58. The van der Waals surface area contributed by atoms with Gasteiger partial charge in [0.25, 0.3) is 0 Å². The van der Waals surface area contributed by atoms with Crippen LogP contribution in [0.3, 0.4) is 0 Å². The van der Waals surface area contributed by atoms with Crippen LogP contribution >= 0.6 is 0 Å². The smallest absolute Gasteiger partial charge is 0.233 e. The first-order chi connectivity index (χ1) is 15.5. The summed E-state index contributed by atoms with van der Waals surface area (Å²) < 4.78 is 33.1. The summed E-state index contributed by atoms with van der Waals surface area (Å²) >= 11 is 0. The van der Waals surface area contributed by atoms with Crippen LogP contribution in [0.15, 0.2) is 67.0 Å². The molecule has 0 atom stereocenters. The van der Waals surface area contributed by atoms with E-state index in [0.717, 1.165) is 6.07 Å². The number of ether oxygens (including phenoxy) is 1. The number of rotatable bonds is 7. The number of hydrogen-bond donors (Lipinski definition) is 3. The molecule has 162 valence electrons. The van der Waals surface area contributed by atoms with Crippen LogP contribution in [0.4, 0.5) is 14.5 Å². The van der Waals surface area contributed by atoms with Crippen LogP contribution in [0.2, 0.25) is 0 Å². The molecule has 0 aliphatic carbocycles. The van der Waals surface area contributed by atoms with E-state index in [1.54, 1.807) is 24.5 Å². The van der Waals surface area contributed by atoms with Crippen molar-refractivity contribution in [1.82, 2.24) is 15.3 Å². The first kappa shape index (κ1) is 21.0. The second-order valence-electron chi connectivity index (χ2n) is 6.92. The quantitative estimate of drug-likeness (QED) is 0.377. The molecule has 2 aromatic heterocycles. The van der Waals surface area contributed by atoms with E-state index in [-0.39, 0.29) is 23.8 Å². The van der Waals surface area contributed by atoms with Crippen molar-refractivity contribution in [2.24, 2.45) is 0 Å². The largest absolute Gasteiger partial charge is 0.453 e. The third kappa shape index (κ3) is 5.07. The van der Waals surface area contributed by atoms with Crippen LogP contribution < -0.4 is 15.4 Å². The molecule has 32 heavy (non-hydrogen) atoms. The lowest BCUT2D eigenvalue weighted by molar-refractivity contribution is -0.126. The van der Waals surface area contributed by atoms with E-state index in [4.69, 9.17) is 4.74 Å². The zero-order valence-electron chi connectivity index (χ0n) is 16.7. The number of nitrogens with zero attached hydrogens (tertiary/aromatic N) is 1. The molecule has 0 saturated carbocycles. The van der Waals surface area contributed by atoms with Crippen LogP contribution in [0, 0.1) is 11.6 Å². The van der Waals surface area contributed by atoms with Gasteiger partial charge in [0.15, 0.2) is 11.6 Å². The summed E-state index contributed by atoms with van der Waals surface area (Å²) in [6.07, 6.45) is 2.81. The summed E-state index contributed by atoms with van der Waals surface area (Å²) in [7, 11) is 0. The molecule has 0 saturated heterocycles. The highest BCUT2D eigenvalue weighted by molar-refractivity contribution is 6.03. The number of carbonyl (C=O) groups excluding carboxylic acids is 2. The molecule has 4 aromatic rings. The predicted molar refractivity (Wildman–Crippen MR) is 114 cm³/mol. The fourth-order valence-electron chi connectivity index (χ4n) is 3.02. The first-order valence-corrected chi connectivity index (χ1v) is 9.68. The second-order valence-corrected chi connectivity index (χ2v) is 6.92. The van der Waals surface area contributed by atoms with Gasteiger partial charge in [-0.2, -0.15) is 0 Å². The average molecular weight is 436 g/mol. The maximum absolute atomic E-state index is 14.5. The zero-order valence-corrected chi connectivity index (χ0v) is 16.7. The van der Waals surface area contributed by atoms with Gasteiger partial charge in [-0.3, -0.25) is 9.59 Å². The minimum absolute atomic E-state index is 0.0197. The molecule has 0 bridgehead atoms. The highest BCUT2D eigenvalue weighted by Gasteiger charge is 2.13. The summed E-state index contributed by atoms with van der Waals surface area (Å²) in [6, 6.07) is 13.0. The van der Waals surface area contributed by atoms with Crippen molar-refractivity contribution in [3.05, 3.63) is 84.2 Å². The van der Waals surface area contributed by atoms with E-state index in [0.29, 0.717) is 22.3 Å². The van der Waals surface area contributed by atoms with Gasteiger partial charge in [0.05, 0.1) is 5.39 Å². The standard InChI is InChI=1S/C23H18F2N4O3/c24-15-3-1-14(2-4-15)13-28-21(30)12-22(31)29-16-5-6-20(18(25)11-16)32-19-8-10-27-23-17(19)7-9-26-23/h1-11H,12-13H2,(H,26,27)(H,28,30)(H,29,31). The Kier molecular flexibility index (Phi) is 6.07. The first-order valence-electron chi connectivity index (χ1n) is 9.68. The number of halogens is 2. The molecular weight excluding hydrogens is 418 g/mol. The maximum atomic E-state index is 14.5. The fraction of sp³-hybridized carbons (Fsp3) is 0.0870. The van der Waals surface area contributed by atoms with Crippen LogP contribution in [0.1, 0.15) is 12.0 Å². The fourth-order valence-corrected chi connectivity index (χ4v) is 3.02. The Morgan fingerprint density at radius 3 is 2.56 bits per heavy atom. The number of nitrogens with one attached hydrogen (secondary N) is 3. The van der Waals surface area contributed by atoms with Gasteiger partial charge in [-0.05, 0) is 42.0 Å². The van der Waals surface area contributed by atoms with Crippen molar-refractivity contribution in [3.8, 4) is 11.5 Å². The van der Waals surface area contributed by atoms with Gasteiger partial charge < -0.3 is 20.4 Å². The summed E-state index contributed by atoms with van der Waals surface area (Å²) in [5.74, 6) is -1.75. The average Bonchev–Trinajstić information content (AvgIpc) is 3.25. The molecule has 2 amide bonds. The highest BCUT2D eigenvalue weighted by atomic mass is 19.1. The Bertz CT molecular complexity index is 1270. The van der Waals surface area contributed by atoms with Crippen LogP contribution in [0.25, 0.3) is 11.0 Å². The van der Waals surface area contributed by atoms with Crippen molar-refractivity contribution in [1.29, 1.82) is 0 Å². The van der Waals surface area contributed by atoms with E-state index in [1.807, 2.05) is 0 Å². The van der Waals surface area contributed by atoms with Gasteiger partial charge in [0, 0.05) is 30.7 Å². The normalized spacial score (nSPS) is 10.7. The number of benzene rings is 2. The van der Waals surface area contributed by atoms with E-state index < -0.39 is 24.1 Å². The van der Waals surface area contributed by atoms with E-state index in [2.05, 4.69) is 20.6 Å². The van der Waals surface area contributed by atoms with Crippen molar-refractivity contribution in [2.75, 3.05) is 5.32 Å². The molecule has 0 unspecified atom stereocenters. The third-order valence-electron chi connectivity index (χ3n) is 4.58. The number of amides is 2. The second kappa shape index (κ2) is 9.25. The molecular formula is C23H18F2N4O3. The van der Waals surface area contributed by atoms with Gasteiger partial charge >= 0.3 is 0 Å². The minimum atomic E-state index is -0.677. The van der Waals surface area contributed by atoms with Crippen LogP contribution in [-0.4, -0.2) is 21.8 Å². The topological polar surface area (TPSA) is 96.1 Å². The molecule has 0 spiro atoms. The molecule has 0 radical (unpaired) electrons. The number of carbonyl (C=O) groups is 2. The minimum Gasteiger partial charge on any atom is -0.453 e. The Morgan fingerprint density at radius 1 is 0.969 bits per heavy atom. The lowest BCUT2D eigenvalue weighted by atomic mass is 10.2. The van der Waals surface area contributed by atoms with Crippen molar-refractivity contribution < 1.29 is 23.1 Å². The Morgan fingerprint density at radius 2 is 1.78 bits per heavy atom. The molecule has 4 rings (SSSR count). The lowest BCUT2D eigenvalue weighted by Crippen LogP contribution is -2.27. The van der Waals surface area contributed by atoms with Gasteiger partial charge in [-0.1, -0.05) is 12.1 Å². The van der Waals surface area contributed by atoms with Crippen molar-refractivity contribution in [3.63, 3.8) is 0 Å². The molecule has 2 heterocycles.